The number of rotatable bonds is 9. The lowest BCUT2D eigenvalue weighted by molar-refractivity contribution is -0.274. The highest BCUT2D eigenvalue weighted by molar-refractivity contribution is 7.91. The van der Waals surface area contributed by atoms with Gasteiger partial charge in [0.25, 0.3) is 0 Å². The number of benzene rings is 3. The van der Waals surface area contributed by atoms with E-state index in [9.17, 15) is 26.4 Å². The van der Waals surface area contributed by atoms with Crippen LogP contribution in [0.25, 0.3) is 11.1 Å². The highest BCUT2D eigenvalue weighted by Gasteiger charge is 2.31. The minimum absolute atomic E-state index is 0.0606. The average molecular weight is 494 g/mol. The number of aliphatic carboxylic acids is 1. The van der Waals surface area contributed by atoms with Gasteiger partial charge in [-0.05, 0) is 65.6 Å². The Bertz CT molecular complexity index is 1270. The number of hydrogen-bond donors (Lipinski definition) is 1. The van der Waals surface area contributed by atoms with Gasteiger partial charge in [0.05, 0.1) is 22.8 Å². The van der Waals surface area contributed by atoms with Gasteiger partial charge in [0, 0.05) is 0 Å². The van der Waals surface area contributed by atoms with Crippen LogP contribution in [0.5, 0.6) is 11.5 Å². The van der Waals surface area contributed by atoms with Crippen molar-refractivity contribution < 1.29 is 41.0 Å². The first kappa shape index (κ1) is 25.1. The third-order valence-electron chi connectivity index (χ3n) is 4.64. The zero-order valence-corrected chi connectivity index (χ0v) is 18.8. The molecule has 1 N–H and O–H groups in total. The van der Waals surface area contributed by atoms with Gasteiger partial charge in [-0.3, -0.25) is 4.79 Å². The summed E-state index contributed by atoms with van der Waals surface area (Å²) in [5.41, 5.74) is 1.22. The highest BCUT2D eigenvalue weighted by atomic mass is 32.2. The van der Waals surface area contributed by atoms with Crippen LogP contribution >= 0.6 is 0 Å². The van der Waals surface area contributed by atoms with E-state index < -0.39 is 27.9 Å². The Morgan fingerprint density at radius 3 is 2.24 bits per heavy atom. The smallest absolute Gasteiger partial charge is 0.494 e. The lowest BCUT2D eigenvalue weighted by Gasteiger charge is -2.12. The van der Waals surface area contributed by atoms with E-state index in [1.165, 1.54) is 48.5 Å². The van der Waals surface area contributed by atoms with Crippen LogP contribution in [0.2, 0.25) is 0 Å². The number of hydrogen-bond acceptors (Lipinski definition) is 5. The SMILES string of the molecule is CCCOc1cc(CC(=O)O)cc(S(=O)(=O)c2cccc(-c3ccc(OC(F)(F)F)cc3)c2)c1. The molecule has 0 saturated heterocycles. The standard InChI is InChI=1S/C24H21F3O6S/c1-2-10-32-20-11-16(13-23(28)29)12-22(15-20)34(30,31)21-5-3-4-18(14-21)17-6-8-19(9-7-17)33-24(25,26)27/h3-9,11-12,14-15H,2,10,13H2,1H3,(H,28,29). The second-order valence-corrected chi connectivity index (χ2v) is 9.28. The van der Waals surface area contributed by atoms with Crippen LogP contribution in [0.3, 0.4) is 0 Å². The van der Waals surface area contributed by atoms with Crippen molar-refractivity contribution in [2.75, 3.05) is 6.61 Å². The molecular weight excluding hydrogens is 473 g/mol. The Hall–Kier alpha value is -3.53. The molecular formula is C24H21F3O6S. The van der Waals surface area contributed by atoms with Crippen LogP contribution in [-0.4, -0.2) is 32.5 Å². The molecule has 3 aromatic rings. The molecule has 6 nitrogen and oxygen atoms in total. The molecule has 3 rings (SSSR count). The number of sulfone groups is 1. The number of ether oxygens (including phenoxy) is 2. The van der Waals surface area contributed by atoms with E-state index in [4.69, 9.17) is 9.84 Å². The molecule has 0 aliphatic rings. The van der Waals surface area contributed by atoms with Crippen LogP contribution in [0.4, 0.5) is 13.2 Å². The molecule has 0 aliphatic heterocycles. The van der Waals surface area contributed by atoms with Crippen molar-refractivity contribution in [3.63, 3.8) is 0 Å². The lowest BCUT2D eigenvalue weighted by Crippen LogP contribution is -2.16. The van der Waals surface area contributed by atoms with Crippen molar-refractivity contribution in [1.82, 2.24) is 0 Å². The third-order valence-corrected chi connectivity index (χ3v) is 6.37. The van der Waals surface area contributed by atoms with Crippen LogP contribution in [0, 0.1) is 0 Å². The second-order valence-electron chi connectivity index (χ2n) is 7.34. The van der Waals surface area contributed by atoms with Gasteiger partial charge >= 0.3 is 12.3 Å². The minimum atomic E-state index is -4.82. The zero-order chi connectivity index (χ0) is 24.9. The Morgan fingerprint density at radius 1 is 0.912 bits per heavy atom. The maximum atomic E-state index is 13.3. The first-order valence-electron chi connectivity index (χ1n) is 10.2. The predicted molar refractivity (Wildman–Crippen MR) is 118 cm³/mol. The summed E-state index contributed by atoms with van der Waals surface area (Å²) in [5, 5.41) is 9.13. The van der Waals surface area contributed by atoms with E-state index in [0.29, 0.717) is 24.2 Å². The van der Waals surface area contributed by atoms with Crippen LogP contribution in [-0.2, 0) is 21.1 Å². The van der Waals surface area contributed by atoms with Crippen LogP contribution in [0.1, 0.15) is 18.9 Å². The van der Waals surface area contributed by atoms with Crippen molar-refractivity contribution in [3.8, 4) is 22.6 Å². The fraction of sp³-hybridized carbons (Fsp3) is 0.208. The summed E-state index contributed by atoms with van der Waals surface area (Å²) in [5.74, 6) is -1.26. The summed E-state index contributed by atoms with van der Waals surface area (Å²) in [4.78, 5) is 11.0. The third kappa shape index (κ3) is 6.50. The normalized spacial score (nSPS) is 11.8. The molecule has 0 unspecified atom stereocenters. The second kappa shape index (κ2) is 10.2. The summed E-state index contributed by atoms with van der Waals surface area (Å²) < 4.78 is 73.2. The van der Waals surface area contributed by atoms with E-state index in [2.05, 4.69) is 4.74 Å². The molecule has 0 radical (unpaired) electrons. The highest BCUT2D eigenvalue weighted by Crippen LogP contribution is 2.31. The Balaban J connectivity index is 1.97. The molecule has 0 bridgehead atoms. The lowest BCUT2D eigenvalue weighted by atomic mass is 10.1. The molecule has 0 amide bonds. The molecule has 34 heavy (non-hydrogen) atoms. The Morgan fingerprint density at radius 2 is 1.62 bits per heavy atom. The van der Waals surface area contributed by atoms with E-state index in [-0.39, 0.29) is 27.5 Å². The van der Waals surface area contributed by atoms with Crippen molar-refractivity contribution >= 4 is 15.8 Å². The molecule has 180 valence electrons. The van der Waals surface area contributed by atoms with Gasteiger partial charge in [0.2, 0.25) is 9.84 Å². The molecule has 0 heterocycles. The summed E-state index contributed by atoms with van der Waals surface area (Å²) in [6.45, 7) is 2.21. The van der Waals surface area contributed by atoms with E-state index in [1.54, 1.807) is 6.07 Å². The maximum absolute atomic E-state index is 13.3. The number of carboxylic acid groups (broad SMARTS) is 1. The maximum Gasteiger partial charge on any atom is 0.573 e. The van der Waals surface area contributed by atoms with Crippen LogP contribution in [0.15, 0.2) is 76.5 Å². The monoisotopic (exact) mass is 494 g/mol. The molecule has 10 heteroatoms. The molecule has 0 fully saturated rings. The molecule has 0 aliphatic carbocycles. The number of halogens is 3. The summed E-state index contributed by atoms with van der Waals surface area (Å²) in [7, 11) is -4.05. The summed E-state index contributed by atoms with van der Waals surface area (Å²) >= 11 is 0. The van der Waals surface area contributed by atoms with E-state index in [1.807, 2.05) is 6.92 Å². The Labute approximate surface area is 194 Å². The number of carbonyl (C=O) groups is 1. The predicted octanol–water partition coefficient (Wildman–Crippen LogP) is 5.50. The molecule has 0 atom stereocenters. The van der Waals surface area contributed by atoms with Crippen molar-refractivity contribution in [2.45, 2.75) is 35.9 Å². The zero-order valence-electron chi connectivity index (χ0n) is 18.0. The molecule has 0 spiro atoms. The summed E-state index contributed by atoms with van der Waals surface area (Å²) in [6, 6.07) is 15.1. The van der Waals surface area contributed by atoms with Gasteiger partial charge in [-0.15, -0.1) is 13.2 Å². The van der Waals surface area contributed by atoms with Crippen molar-refractivity contribution in [3.05, 3.63) is 72.3 Å². The van der Waals surface area contributed by atoms with E-state index in [0.717, 1.165) is 12.1 Å². The minimum Gasteiger partial charge on any atom is -0.494 e. The molecule has 0 aromatic heterocycles. The average Bonchev–Trinajstić information content (AvgIpc) is 2.76. The number of alkyl halides is 3. The van der Waals surface area contributed by atoms with Crippen LogP contribution < -0.4 is 9.47 Å². The topological polar surface area (TPSA) is 89.9 Å². The van der Waals surface area contributed by atoms with E-state index >= 15 is 0 Å². The van der Waals surface area contributed by atoms with Gasteiger partial charge < -0.3 is 14.6 Å². The van der Waals surface area contributed by atoms with Gasteiger partial charge in [-0.25, -0.2) is 8.42 Å². The quantitative estimate of drug-likeness (QED) is 0.423. The van der Waals surface area contributed by atoms with Gasteiger partial charge in [-0.1, -0.05) is 31.2 Å². The Kier molecular flexibility index (Phi) is 7.51. The molecule has 0 saturated carbocycles. The number of carboxylic acids is 1. The van der Waals surface area contributed by atoms with Crippen molar-refractivity contribution in [1.29, 1.82) is 0 Å². The first-order valence-corrected chi connectivity index (χ1v) is 11.7. The first-order chi connectivity index (χ1) is 16.0. The summed E-state index contributed by atoms with van der Waals surface area (Å²) in [6.07, 6.45) is -4.51. The van der Waals surface area contributed by atoms with Gasteiger partial charge in [0.1, 0.15) is 11.5 Å². The van der Waals surface area contributed by atoms with Gasteiger partial charge in [0.15, 0.2) is 0 Å². The fourth-order valence-corrected chi connectivity index (χ4v) is 4.58. The fourth-order valence-electron chi connectivity index (χ4n) is 3.19. The van der Waals surface area contributed by atoms with Crippen molar-refractivity contribution in [2.24, 2.45) is 0 Å². The van der Waals surface area contributed by atoms with Gasteiger partial charge in [-0.2, -0.15) is 0 Å². The largest absolute Gasteiger partial charge is 0.573 e. The molecule has 3 aromatic carbocycles.